The smallest absolute Gasteiger partial charge is 0.289 e. The molecule has 2 aliphatic heterocycles. The molecule has 2 aromatic heterocycles. The monoisotopic (exact) mass is 387 g/mol. The van der Waals surface area contributed by atoms with Crippen LogP contribution in [-0.4, -0.2) is 85.0 Å². The number of rotatable bonds is 4. The Morgan fingerprint density at radius 2 is 1.93 bits per heavy atom. The zero-order valence-electron chi connectivity index (χ0n) is 15.8. The van der Waals surface area contributed by atoms with Gasteiger partial charge in [0.1, 0.15) is 6.26 Å². The van der Waals surface area contributed by atoms with Crippen LogP contribution >= 0.6 is 0 Å². The van der Waals surface area contributed by atoms with Crippen LogP contribution in [0.1, 0.15) is 27.3 Å². The number of morpholine rings is 1. The molecule has 8 heteroatoms. The molecule has 0 spiro atoms. The minimum absolute atomic E-state index is 0.0202. The lowest BCUT2D eigenvalue weighted by molar-refractivity contribution is -0.0353. The lowest BCUT2D eigenvalue weighted by atomic mass is 10.2. The van der Waals surface area contributed by atoms with E-state index in [0.717, 1.165) is 26.1 Å². The number of ether oxygens (including phenoxy) is 1. The summed E-state index contributed by atoms with van der Waals surface area (Å²) in [5, 5.41) is 0. The Bertz CT molecular complexity index is 774. The highest BCUT2D eigenvalue weighted by molar-refractivity contribution is 5.94. The van der Waals surface area contributed by atoms with Crippen molar-refractivity contribution >= 4 is 11.8 Å². The van der Waals surface area contributed by atoms with Crippen LogP contribution in [0.4, 0.5) is 0 Å². The number of hydrogen-bond donors (Lipinski definition) is 0. The molecule has 28 heavy (non-hydrogen) atoms. The van der Waals surface area contributed by atoms with Crippen molar-refractivity contribution in [2.24, 2.45) is 0 Å². The van der Waals surface area contributed by atoms with E-state index in [1.807, 2.05) is 9.80 Å². The lowest BCUT2D eigenvalue weighted by Crippen LogP contribution is -2.50. The molecule has 4 rings (SSSR count). The van der Waals surface area contributed by atoms with Crippen molar-refractivity contribution in [3.63, 3.8) is 0 Å². The van der Waals surface area contributed by atoms with Crippen LogP contribution < -0.4 is 0 Å². The predicted octanol–water partition coefficient (Wildman–Crippen LogP) is 1.56. The van der Waals surface area contributed by atoms with Crippen LogP contribution in [0.2, 0.25) is 0 Å². The predicted molar refractivity (Wildman–Crippen MR) is 100 cm³/mol. The van der Waals surface area contributed by atoms with Crippen molar-refractivity contribution in [3.8, 4) is 0 Å². The first kappa shape index (κ1) is 18.8. The molecule has 0 aromatic carbocycles. The summed E-state index contributed by atoms with van der Waals surface area (Å²) in [5.41, 5.74) is 0.572. The molecule has 150 valence electrons. The summed E-state index contributed by atoms with van der Waals surface area (Å²) in [6.45, 7) is 5.49. The van der Waals surface area contributed by atoms with E-state index >= 15 is 0 Å². The van der Waals surface area contributed by atoms with Crippen LogP contribution in [0.5, 0.6) is 0 Å². The molecule has 2 fully saturated rings. The van der Waals surface area contributed by atoms with Crippen molar-refractivity contribution in [2.45, 2.75) is 12.5 Å². The van der Waals surface area contributed by atoms with Crippen LogP contribution in [0, 0.1) is 0 Å². The average Bonchev–Trinajstić information content (AvgIpc) is 3.39. The van der Waals surface area contributed by atoms with Crippen molar-refractivity contribution in [1.82, 2.24) is 14.7 Å². The highest BCUT2D eigenvalue weighted by Crippen LogP contribution is 2.14. The Labute approximate surface area is 163 Å². The van der Waals surface area contributed by atoms with Gasteiger partial charge in [-0.3, -0.25) is 14.5 Å². The Morgan fingerprint density at radius 1 is 1.00 bits per heavy atom. The zero-order chi connectivity index (χ0) is 19.3. The fourth-order valence-electron chi connectivity index (χ4n) is 3.78. The summed E-state index contributed by atoms with van der Waals surface area (Å²) >= 11 is 0. The van der Waals surface area contributed by atoms with E-state index in [9.17, 15) is 9.59 Å². The second kappa shape index (κ2) is 8.62. The molecule has 2 aromatic rings. The highest BCUT2D eigenvalue weighted by atomic mass is 16.5. The SMILES string of the molecule is O=C(c1ccoc1)N1CCO[C@@H](CN2CCCN(C(=O)c3ccco3)CC2)C1. The number of carbonyl (C=O) groups is 2. The van der Waals surface area contributed by atoms with Gasteiger partial charge in [-0.2, -0.15) is 0 Å². The Hall–Kier alpha value is -2.58. The van der Waals surface area contributed by atoms with E-state index in [2.05, 4.69) is 4.90 Å². The number of nitrogens with zero attached hydrogens (tertiary/aromatic N) is 3. The van der Waals surface area contributed by atoms with E-state index in [1.54, 1.807) is 18.2 Å². The highest BCUT2D eigenvalue weighted by Gasteiger charge is 2.28. The third-order valence-corrected chi connectivity index (χ3v) is 5.26. The first-order valence-electron chi connectivity index (χ1n) is 9.69. The number of furan rings is 2. The van der Waals surface area contributed by atoms with Crippen molar-refractivity contribution < 1.29 is 23.2 Å². The quantitative estimate of drug-likeness (QED) is 0.792. The van der Waals surface area contributed by atoms with Crippen molar-refractivity contribution in [1.29, 1.82) is 0 Å². The van der Waals surface area contributed by atoms with Gasteiger partial charge in [-0.25, -0.2) is 0 Å². The minimum Gasteiger partial charge on any atom is -0.472 e. The second-order valence-electron chi connectivity index (χ2n) is 7.18. The normalized spacial score (nSPS) is 21.5. The summed E-state index contributed by atoms with van der Waals surface area (Å²) in [6.07, 6.45) is 5.38. The number of carbonyl (C=O) groups excluding carboxylic acids is 2. The van der Waals surface area contributed by atoms with Crippen LogP contribution in [-0.2, 0) is 4.74 Å². The minimum atomic E-state index is -0.0577. The summed E-state index contributed by atoms with van der Waals surface area (Å²) in [6, 6.07) is 5.12. The first-order chi connectivity index (χ1) is 13.7. The van der Waals surface area contributed by atoms with Gasteiger partial charge in [-0.15, -0.1) is 0 Å². The first-order valence-corrected chi connectivity index (χ1v) is 9.69. The number of hydrogen-bond acceptors (Lipinski definition) is 6. The zero-order valence-corrected chi connectivity index (χ0v) is 15.8. The van der Waals surface area contributed by atoms with Gasteiger partial charge in [0.05, 0.1) is 30.8 Å². The van der Waals surface area contributed by atoms with E-state index in [-0.39, 0.29) is 17.9 Å². The van der Waals surface area contributed by atoms with Gasteiger partial charge in [0.2, 0.25) is 0 Å². The Kier molecular flexibility index (Phi) is 5.78. The molecule has 2 amide bonds. The van der Waals surface area contributed by atoms with Gasteiger partial charge in [-0.1, -0.05) is 0 Å². The molecular weight excluding hydrogens is 362 g/mol. The number of amides is 2. The maximum atomic E-state index is 12.5. The molecule has 0 N–H and O–H groups in total. The van der Waals surface area contributed by atoms with Crippen LogP contribution in [0.3, 0.4) is 0 Å². The van der Waals surface area contributed by atoms with Gasteiger partial charge in [-0.05, 0) is 31.2 Å². The molecule has 0 unspecified atom stereocenters. The van der Waals surface area contributed by atoms with Gasteiger partial charge < -0.3 is 23.4 Å². The van der Waals surface area contributed by atoms with Crippen molar-refractivity contribution in [3.05, 3.63) is 48.3 Å². The summed E-state index contributed by atoms with van der Waals surface area (Å²) in [7, 11) is 0. The molecule has 4 heterocycles. The van der Waals surface area contributed by atoms with Gasteiger partial charge in [0.15, 0.2) is 5.76 Å². The van der Waals surface area contributed by atoms with E-state index in [1.165, 1.54) is 18.8 Å². The van der Waals surface area contributed by atoms with E-state index in [0.29, 0.717) is 44.1 Å². The molecule has 2 aliphatic rings. The largest absolute Gasteiger partial charge is 0.472 e. The molecule has 2 saturated heterocycles. The summed E-state index contributed by atoms with van der Waals surface area (Å²) in [5.74, 6) is 0.309. The molecule has 0 radical (unpaired) electrons. The van der Waals surface area contributed by atoms with E-state index in [4.69, 9.17) is 13.6 Å². The van der Waals surface area contributed by atoms with Crippen LogP contribution in [0.25, 0.3) is 0 Å². The molecular formula is C20H25N3O5. The topological polar surface area (TPSA) is 79.4 Å². The molecule has 0 bridgehead atoms. The maximum absolute atomic E-state index is 12.5. The van der Waals surface area contributed by atoms with Crippen LogP contribution in [0.15, 0.2) is 45.8 Å². The molecule has 0 aliphatic carbocycles. The Balaban J connectivity index is 1.29. The molecule has 8 nitrogen and oxygen atoms in total. The van der Waals surface area contributed by atoms with Gasteiger partial charge in [0.25, 0.3) is 11.8 Å². The van der Waals surface area contributed by atoms with E-state index < -0.39 is 0 Å². The maximum Gasteiger partial charge on any atom is 0.289 e. The average molecular weight is 387 g/mol. The fraction of sp³-hybridized carbons (Fsp3) is 0.500. The fourth-order valence-corrected chi connectivity index (χ4v) is 3.78. The summed E-state index contributed by atoms with van der Waals surface area (Å²) < 4.78 is 16.2. The molecule has 1 atom stereocenters. The lowest BCUT2D eigenvalue weighted by Gasteiger charge is -2.35. The Morgan fingerprint density at radius 3 is 2.71 bits per heavy atom. The third-order valence-electron chi connectivity index (χ3n) is 5.26. The van der Waals surface area contributed by atoms with Gasteiger partial charge >= 0.3 is 0 Å². The van der Waals surface area contributed by atoms with Gasteiger partial charge in [0, 0.05) is 39.3 Å². The summed E-state index contributed by atoms with van der Waals surface area (Å²) in [4.78, 5) is 31.0. The second-order valence-corrected chi connectivity index (χ2v) is 7.18. The third kappa shape index (κ3) is 4.28. The molecule has 0 saturated carbocycles. The van der Waals surface area contributed by atoms with Crippen molar-refractivity contribution in [2.75, 3.05) is 52.4 Å². The standard InChI is InChI=1S/C20H25N3O5/c24-19(16-4-11-26-15-16)23-9-12-27-17(14-23)13-21-5-2-6-22(8-7-21)20(25)18-3-1-10-28-18/h1,3-4,10-11,15,17H,2,5-9,12-14H2/t17-/m0/s1.